The highest BCUT2D eigenvalue weighted by molar-refractivity contribution is 5.80. The number of aryl methyl sites for hydroxylation is 2. The second-order valence-electron chi connectivity index (χ2n) is 4.50. The van der Waals surface area contributed by atoms with Crippen LogP contribution in [0.3, 0.4) is 0 Å². The number of Topliss-reactive ketones (excluding diaryl/α,β-unsaturated/α-hetero) is 1. The van der Waals surface area contributed by atoms with Crippen molar-refractivity contribution < 1.29 is 4.79 Å². The van der Waals surface area contributed by atoms with Gasteiger partial charge in [0.1, 0.15) is 5.78 Å². The summed E-state index contributed by atoms with van der Waals surface area (Å²) in [5, 5.41) is 4.22. The first-order chi connectivity index (χ1) is 7.52. The first kappa shape index (κ1) is 12.9. The molecule has 0 spiro atoms. The van der Waals surface area contributed by atoms with E-state index in [1.165, 1.54) is 0 Å². The first-order valence-electron chi connectivity index (χ1n) is 5.74. The average molecular weight is 223 g/mol. The topological polar surface area (TPSA) is 60.9 Å². The summed E-state index contributed by atoms with van der Waals surface area (Å²) in [4.78, 5) is 11.7. The lowest BCUT2D eigenvalue weighted by molar-refractivity contribution is -0.118. The van der Waals surface area contributed by atoms with E-state index in [1.54, 1.807) is 4.68 Å². The molecule has 1 aromatic rings. The summed E-state index contributed by atoms with van der Waals surface area (Å²) in [6, 6.07) is 1.96. The van der Waals surface area contributed by atoms with Crippen LogP contribution < -0.4 is 5.73 Å². The van der Waals surface area contributed by atoms with Gasteiger partial charge in [-0.3, -0.25) is 9.48 Å². The minimum absolute atomic E-state index is 0.267. The fourth-order valence-corrected chi connectivity index (χ4v) is 1.65. The highest BCUT2D eigenvalue weighted by Crippen LogP contribution is 2.08. The second-order valence-corrected chi connectivity index (χ2v) is 4.50. The lowest BCUT2D eigenvalue weighted by Gasteiger charge is -2.07. The summed E-state index contributed by atoms with van der Waals surface area (Å²) in [5.74, 6) is 0.695. The monoisotopic (exact) mass is 223 g/mol. The molecular weight excluding hydrogens is 202 g/mol. The first-order valence-corrected chi connectivity index (χ1v) is 5.74. The van der Waals surface area contributed by atoms with E-state index in [9.17, 15) is 4.79 Å². The number of aromatic nitrogens is 2. The van der Waals surface area contributed by atoms with E-state index in [4.69, 9.17) is 5.73 Å². The van der Waals surface area contributed by atoms with E-state index >= 15 is 0 Å². The van der Waals surface area contributed by atoms with Crippen LogP contribution >= 0.6 is 0 Å². The summed E-state index contributed by atoms with van der Waals surface area (Å²) < 4.78 is 1.78. The van der Waals surface area contributed by atoms with Crippen LogP contribution in [-0.4, -0.2) is 22.1 Å². The number of hydrogen-bond donors (Lipinski definition) is 1. The lowest BCUT2D eigenvalue weighted by Crippen LogP contribution is -2.14. The predicted molar refractivity (Wildman–Crippen MR) is 64.1 cm³/mol. The summed E-state index contributed by atoms with van der Waals surface area (Å²) in [5.41, 5.74) is 7.46. The molecule has 0 amide bonds. The van der Waals surface area contributed by atoms with Crippen LogP contribution in [0.2, 0.25) is 0 Å². The number of carbonyl (C=O) groups excluding carboxylic acids is 1. The van der Waals surface area contributed by atoms with Crippen LogP contribution in [0.15, 0.2) is 6.07 Å². The van der Waals surface area contributed by atoms with Gasteiger partial charge in [0.15, 0.2) is 0 Å². The molecule has 0 bridgehead atoms. The van der Waals surface area contributed by atoms with Crippen molar-refractivity contribution >= 4 is 5.78 Å². The highest BCUT2D eigenvalue weighted by Gasteiger charge is 2.09. The summed E-state index contributed by atoms with van der Waals surface area (Å²) >= 11 is 0. The summed E-state index contributed by atoms with van der Waals surface area (Å²) in [6.45, 7) is 4.66. The molecule has 0 radical (unpaired) electrons. The molecular formula is C12H21N3O. The van der Waals surface area contributed by atoms with Gasteiger partial charge in [0.05, 0.1) is 5.69 Å². The third-order valence-corrected chi connectivity index (χ3v) is 2.80. The highest BCUT2D eigenvalue weighted by atomic mass is 16.1. The molecule has 2 N–H and O–H groups in total. The Kier molecular flexibility index (Phi) is 4.68. The maximum atomic E-state index is 11.7. The molecule has 0 saturated heterocycles. The molecule has 0 aliphatic carbocycles. The Bertz CT molecular complexity index is 357. The Morgan fingerprint density at radius 1 is 1.62 bits per heavy atom. The van der Waals surface area contributed by atoms with Crippen molar-refractivity contribution in [3.8, 4) is 0 Å². The van der Waals surface area contributed by atoms with Crippen LogP contribution in [0.25, 0.3) is 0 Å². The zero-order valence-electron chi connectivity index (χ0n) is 10.4. The van der Waals surface area contributed by atoms with Gasteiger partial charge in [-0.15, -0.1) is 0 Å². The van der Waals surface area contributed by atoms with E-state index in [1.807, 2.05) is 20.0 Å². The molecule has 90 valence electrons. The quantitative estimate of drug-likeness (QED) is 0.788. The normalized spacial score (nSPS) is 12.8. The smallest absolute Gasteiger partial charge is 0.138 e. The van der Waals surface area contributed by atoms with Gasteiger partial charge >= 0.3 is 0 Å². The number of hydrogen-bond acceptors (Lipinski definition) is 3. The maximum absolute atomic E-state index is 11.7. The second kappa shape index (κ2) is 5.80. The zero-order valence-corrected chi connectivity index (χ0v) is 10.4. The van der Waals surface area contributed by atoms with Gasteiger partial charge in [-0.25, -0.2) is 0 Å². The average Bonchev–Trinajstić information content (AvgIpc) is 2.54. The number of carbonyl (C=O) groups is 1. The van der Waals surface area contributed by atoms with Gasteiger partial charge in [0.25, 0.3) is 0 Å². The van der Waals surface area contributed by atoms with Crippen molar-refractivity contribution in [3.63, 3.8) is 0 Å². The largest absolute Gasteiger partial charge is 0.330 e. The van der Waals surface area contributed by atoms with Crippen LogP contribution in [0, 0.1) is 12.8 Å². The fraction of sp³-hybridized carbons (Fsp3) is 0.667. The van der Waals surface area contributed by atoms with Crippen LogP contribution in [0.5, 0.6) is 0 Å². The van der Waals surface area contributed by atoms with Gasteiger partial charge in [-0.1, -0.05) is 6.92 Å². The Morgan fingerprint density at radius 2 is 2.31 bits per heavy atom. The van der Waals surface area contributed by atoms with E-state index in [0.717, 1.165) is 17.8 Å². The molecule has 4 nitrogen and oxygen atoms in total. The van der Waals surface area contributed by atoms with Gasteiger partial charge in [0.2, 0.25) is 0 Å². The van der Waals surface area contributed by atoms with Gasteiger partial charge in [0, 0.05) is 25.6 Å². The van der Waals surface area contributed by atoms with Crippen LogP contribution in [0.1, 0.15) is 31.2 Å². The van der Waals surface area contributed by atoms with Crippen molar-refractivity contribution in [3.05, 3.63) is 17.5 Å². The van der Waals surface area contributed by atoms with Crippen molar-refractivity contribution in [1.82, 2.24) is 9.78 Å². The van der Waals surface area contributed by atoms with E-state index in [-0.39, 0.29) is 5.78 Å². The van der Waals surface area contributed by atoms with E-state index in [2.05, 4.69) is 12.0 Å². The molecule has 0 saturated carbocycles. The molecule has 0 aliphatic heterocycles. The van der Waals surface area contributed by atoms with E-state index < -0.39 is 0 Å². The molecule has 1 rings (SSSR count). The SMILES string of the molecule is Cc1cc(CC(=O)CCC(C)CN)n(C)n1. The number of nitrogens with zero attached hydrogens (tertiary/aromatic N) is 2. The minimum atomic E-state index is 0.267. The van der Waals surface area contributed by atoms with Crippen molar-refractivity contribution in [2.75, 3.05) is 6.54 Å². The molecule has 1 aromatic heterocycles. The zero-order chi connectivity index (χ0) is 12.1. The number of ketones is 1. The third kappa shape index (κ3) is 3.77. The molecule has 0 fully saturated rings. The van der Waals surface area contributed by atoms with Crippen LogP contribution in [-0.2, 0) is 18.3 Å². The van der Waals surface area contributed by atoms with Crippen molar-refractivity contribution in [1.29, 1.82) is 0 Å². The Morgan fingerprint density at radius 3 is 2.81 bits per heavy atom. The summed E-state index contributed by atoms with van der Waals surface area (Å²) in [7, 11) is 1.87. The van der Waals surface area contributed by atoms with Gasteiger partial charge in [-0.05, 0) is 31.9 Å². The molecule has 0 aromatic carbocycles. The molecule has 16 heavy (non-hydrogen) atoms. The lowest BCUT2D eigenvalue weighted by atomic mass is 10.0. The Labute approximate surface area is 96.8 Å². The Balaban J connectivity index is 2.43. The van der Waals surface area contributed by atoms with Crippen molar-refractivity contribution in [2.45, 2.75) is 33.1 Å². The third-order valence-electron chi connectivity index (χ3n) is 2.80. The van der Waals surface area contributed by atoms with Crippen LogP contribution in [0.4, 0.5) is 0 Å². The standard InChI is InChI=1S/C12H21N3O/c1-9(8-13)4-5-12(16)7-11-6-10(2)14-15(11)3/h6,9H,4-5,7-8,13H2,1-3H3. The minimum Gasteiger partial charge on any atom is -0.330 e. The fourth-order valence-electron chi connectivity index (χ4n) is 1.65. The maximum Gasteiger partial charge on any atom is 0.138 e. The molecule has 1 atom stereocenters. The predicted octanol–water partition coefficient (Wildman–Crippen LogP) is 1.22. The summed E-state index contributed by atoms with van der Waals surface area (Å²) in [6.07, 6.45) is 1.98. The van der Waals surface area contributed by atoms with Gasteiger partial charge in [-0.2, -0.15) is 5.10 Å². The van der Waals surface area contributed by atoms with Crippen molar-refractivity contribution in [2.24, 2.45) is 18.7 Å². The molecule has 0 aliphatic rings. The molecule has 1 heterocycles. The van der Waals surface area contributed by atoms with E-state index in [0.29, 0.717) is 25.3 Å². The molecule has 4 heteroatoms. The Hall–Kier alpha value is -1.16. The van der Waals surface area contributed by atoms with Gasteiger partial charge < -0.3 is 5.73 Å². The number of nitrogens with two attached hydrogens (primary N) is 1. The molecule has 1 unspecified atom stereocenters. The number of rotatable bonds is 6.